The lowest BCUT2D eigenvalue weighted by molar-refractivity contribution is 0.0976. The molecular weight excluding hydrogens is 372 g/mol. The quantitative estimate of drug-likeness (QED) is 0.797. The number of nitrogens with one attached hydrogen (secondary N) is 1. The average Bonchev–Trinajstić information content (AvgIpc) is 3.06. The summed E-state index contributed by atoms with van der Waals surface area (Å²) in [6.07, 6.45) is 2.37. The number of ketones is 1. The van der Waals surface area contributed by atoms with Gasteiger partial charge in [-0.1, -0.05) is 39.5 Å². The maximum Gasteiger partial charge on any atom is 0.267 e. The molecule has 1 heterocycles. The van der Waals surface area contributed by atoms with E-state index in [1.165, 1.54) is 28.4 Å². The summed E-state index contributed by atoms with van der Waals surface area (Å²) in [5.41, 5.74) is 0.937. The van der Waals surface area contributed by atoms with Gasteiger partial charge in [-0.25, -0.2) is 12.4 Å². The van der Waals surface area contributed by atoms with Crippen molar-refractivity contribution in [3.05, 3.63) is 53.9 Å². The van der Waals surface area contributed by atoms with Gasteiger partial charge >= 0.3 is 0 Å². The Labute approximate surface area is 161 Å². The topological polar surface area (TPSA) is 68.2 Å². The first-order valence-electron chi connectivity index (χ1n) is 8.33. The predicted molar refractivity (Wildman–Crippen MR) is 107 cm³/mol. The van der Waals surface area contributed by atoms with Crippen molar-refractivity contribution in [1.29, 1.82) is 0 Å². The van der Waals surface area contributed by atoms with Gasteiger partial charge in [-0.2, -0.15) is 0 Å². The molecule has 0 aliphatic heterocycles. The summed E-state index contributed by atoms with van der Waals surface area (Å²) in [5.74, 6) is -0.199. The third kappa shape index (κ3) is 4.75. The second-order valence-electron chi connectivity index (χ2n) is 5.62. The summed E-state index contributed by atoms with van der Waals surface area (Å²) in [5, 5.41) is 2.55. The highest BCUT2D eigenvalue weighted by molar-refractivity contribution is 7.90. The van der Waals surface area contributed by atoms with Crippen molar-refractivity contribution in [2.24, 2.45) is 0 Å². The monoisotopic (exact) mass is 398 g/mol. The minimum absolute atomic E-state index is 0. The Morgan fingerprint density at radius 3 is 2.31 bits per heavy atom. The van der Waals surface area contributed by atoms with Crippen LogP contribution in [0.4, 0.5) is 0 Å². The maximum atomic E-state index is 12.6. The van der Waals surface area contributed by atoms with Crippen LogP contribution in [-0.4, -0.2) is 36.6 Å². The van der Waals surface area contributed by atoms with E-state index in [0.29, 0.717) is 24.1 Å². The van der Waals surface area contributed by atoms with Crippen molar-refractivity contribution in [2.45, 2.75) is 44.4 Å². The molecule has 1 aromatic heterocycles. The molecule has 0 fully saturated rings. The molecular formula is C19H27ClN2O3S. The van der Waals surface area contributed by atoms with Gasteiger partial charge < -0.3 is 5.32 Å². The molecule has 1 unspecified atom stereocenters. The Kier molecular flexibility index (Phi) is 8.53. The van der Waals surface area contributed by atoms with Gasteiger partial charge in [0.2, 0.25) is 0 Å². The largest absolute Gasteiger partial charge is 0.317 e. The summed E-state index contributed by atoms with van der Waals surface area (Å²) < 4.78 is 26.3. The number of carbonyl (C=O) groups excluding carboxylic acids is 1. The summed E-state index contributed by atoms with van der Waals surface area (Å²) in [6, 6.07) is 9.71. The number of rotatable bonds is 4. The molecule has 1 aliphatic rings. The molecule has 7 heteroatoms. The van der Waals surface area contributed by atoms with Crippen LogP contribution in [0.15, 0.2) is 47.5 Å². The van der Waals surface area contributed by atoms with Crippen LogP contribution in [0.25, 0.3) is 0 Å². The molecule has 0 saturated carbocycles. The fourth-order valence-electron chi connectivity index (χ4n) is 2.66. The summed E-state index contributed by atoms with van der Waals surface area (Å²) in [6.45, 7) is 6.39. The van der Waals surface area contributed by atoms with E-state index >= 15 is 0 Å². The fourth-order valence-corrected chi connectivity index (χ4v) is 4.32. The predicted octanol–water partition coefficient (Wildman–Crippen LogP) is 3.71. The molecule has 5 nitrogen and oxygen atoms in total. The van der Waals surface area contributed by atoms with Gasteiger partial charge in [0.25, 0.3) is 10.0 Å². The smallest absolute Gasteiger partial charge is 0.267 e. The standard InChI is InChI=1S/C14H12ClNO3S.C4H11N.CH4/c15-12-6-7-13-11(14(12)17)8-9-16(13)20(18,19)10-4-2-1-3-5-10;1-3-5-4-2;/h1-5,8-9,12H,6-7H2;5H,3-4H2,1-2H3;1H4. The van der Waals surface area contributed by atoms with Crippen molar-refractivity contribution in [3.63, 3.8) is 0 Å². The van der Waals surface area contributed by atoms with E-state index in [1.807, 2.05) is 0 Å². The van der Waals surface area contributed by atoms with Crippen molar-refractivity contribution >= 4 is 27.4 Å². The van der Waals surface area contributed by atoms with E-state index in [0.717, 1.165) is 13.1 Å². The Morgan fingerprint density at radius 2 is 1.77 bits per heavy atom. The molecule has 3 rings (SSSR count). The van der Waals surface area contributed by atoms with Crippen molar-refractivity contribution in [3.8, 4) is 0 Å². The number of halogens is 1. The molecule has 144 valence electrons. The van der Waals surface area contributed by atoms with Gasteiger partial charge in [0.05, 0.1) is 10.3 Å². The van der Waals surface area contributed by atoms with Crippen LogP contribution >= 0.6 is 11.6 Å². The van der Waals surface area contributed by atoms with E-state index in [9.17, 15) is 13.2 Å². The highest BCUT2D eigenvalue weighted by Crippen LogP contribution is 2.28. The fraction of sp³-hybridized carbons (Fsp3) is 0.421. The Bertz CT molecular complexity index is 815. The SMILES string of the molecule is C.CCNCC.O=C1c2ccn(S(=O)(=O)c3ccccc3)c2CCC1Cl. The maximum absolute atomic E-state index is 12.6. The van der Waals surface area contributed by atoms with Crippen LogP contribution in [0.3, 0.4) is 0 Å². The van der Waals surface area contributed by atoms with Crippen LogP contribution in [-0.2, 0) is 16.4 Å². The first-order chi connectivity index (χ1) is 11.9. The molecule has 0 saturated heterocycles. The van der Waals surface area contributed by atoms with Crippen LogP contribution in [0.5, 0.6) is 0 Å². The van der Waals surface area contributed by atoms with Crippen LogP contribution in [0.1, 0.15) is 43.7 Å². The van der Waals surface area contributed by atoms with E-state index in [2.05, 4.69) is 19.2 Å². The average molecular weight is 399 g/mol. The number of carbonyl (C=O) groups is 1. The zero-order valence-electron chi connectivity index (χ0n) is 14.4. The number of fused-ring (bicyclic) bond motifs is 1. The molecule has 0 bridgehead atoms. The lowest BCUT2D eigenvalue weighted by atomic mass is 9.96. The van der Waals surface area contributed by atoms with Crippen LogP contribution < -0.4 is 5.32 Å². The van der Waals surface area contributed by atoms with Crippen LogP contribution in [0, 0.1) is 0 Å². The van der Waals surface area contributed by atoms with Gasteiger partial charge in [-0.05, 0) is 44.1 Å². The number of hydrogen-bond acceptors (Lipinski definition) is 4. The van der Waals surface area contributed by atoms with Crippen molar-refractivity contribution in [2.75, 3.05) is 13.1 Å². The number of Topliss-reactive ketones (excluding diaryl/α,β-unsaturated/α-hetero) is 1. The van der Waals surface area contributed by atoms with E-state index in [-0.39, 0.29) is 18.1 Å². The number of alkyl halides is 1. The van der Waals surface area contributed by atoms with Crippen molar-refractivity contribution in [1.82, 2.24) is 9.29 Å². The van der Waals surface area contributed by atoms with Crippen molar-refractivity contribution < 1.29 is 13.2 Å². The number of benzene rings is 1. The number of aromatic nitrogens is 1. The molecule has 26 heavy (non-hydrogen) atoms. The minimum Gasteiger partial charge on any atom is -0.317 e. The van der Waals surface area contributed by atoms with Gasteiger partial charge in [-0.15, -0.1) is 11.6 Å². The van der Waals surface area contributed by atoms with Gasteiger partial charge in [0.1, 0.15) is 0 Å². The number of nitrogens with zero attached hydrogens (tertiary/aromatic N) is 1. The minimum atomic E-state index is -3.66. The molecule has 1 N–H and O–H groups in total. The zero-order valence-corrected chi connectivity index (χ0v) is 16.0. The first-order valence-corrected chi connectivity index (χ1v) is 10.2. The first kappa shape index (κ1) is 22.4. The second kappa shape index (κ2) is 9.90. The zero-order chi connectivity index (χ0) is 18.4. The number of hydrogen-bond donors (Lipinski definition) is 1. The molecule has 2 aromatic rings. The second-order valence-corrected chi connectivity index (χ2v) is 7.96. The normalized spacial score (nSPS) is 16.1. The Balaban J connectivity index is 0.000000501. The summed E-state index contributed by atoms with van der Waals surface area (Å²) in [7, 11) is -3.66. The lowest BCUT2D eigenvalue weighted by Gasteiger charge is -2.18. The third-order valence-corrected chi connectivity index (χ3v) is 6.08. The third-order valence-electron chi connectivity index (χ3n) is 3.94. The van der Waals surface area contributed by atoms with E-state index in [4.69, 9.17) is 11.6 Å². The highest BCUT2D eigenvalue weighted by atomic mass is 35.5. The molecule has 0 spiro atoms. The molecule has 1 aromatic carbocycles. The Morgan fingerprint density at radius 1 is 1.15 bits per heavy atom. The summed E-state index contributed by atoms with van der Waals surface area (Å²) >= 11 is 5.93. The highest BCUT2D eigenvalue weighted by Gasteiger charge is 2.31. The van der Waals surface area contributed by atoms with Gasteiger partial charge in [0, 0.05) is 17.5 Å². The van der Waals surface area contributed by atoms with Crippen LogP contribution in [0.2, 0.25) is 0 Å². The summed E-state index contributed by atoms with van der Waals surface area (Å²) in [4.78, 5) is 12.2. The molecule has 0 radical (unpaired) electrons. The molecule has 1 aliphatic carbocycles. The van der Waals surface area contributed by atoms with Gasteiger partial charge in [0.15, 0.2) is 5.78 Å². The van der Waals surface area contributed by atoms with Gasteiger partial charge in [-0.3, -0.25) is 4.79 Å². The molecule has 1 atom stereocenters. The van der Waals surface area contributed by atoms with E-state index < -0.39 is 15.4 Å². The van der Waals surface area contributed by atoms with E-state index in [1.54, 1.807) is 18.2 Å². The molecule has 0 amide bonds. The lowest BCUT2D eigenvalue weighted by Crippen LogP contribution is -2.25. The Hall–Kier alpha value is -1.63.